The second-order valence-electron chi connectivity index (χ2n) is 4.47. The standard InChI is InChI=1S/C12H16IN3O3/c1-15(8-10-7-14-4-5-19-10)11-3-2-9(13)6-12(11)16(17)18/h2-3,6,10,14H,4-5,7-8H2,1H3. The topological polar surface area (TPSA) is 67.6 Å². The largest absolute Gasteiger partial charge is 0.374 e. The highest BCUT2D eigenvalue weighted by Crippen LogP contribution is 2.29. The summed E-state index contributed by atoms with van der Waals surface area (Å²) in [6.45, 7) is 2.97. The van der Waals surface area contributed by atoms with Crippen molar-refractivity contribution < 1.29 is 9.66 Å². The lowest BCUT2D eigenvalue weighted by Gasteiger charge is -2.29. The molecule has 0 aliphatic carbocycles. The van der Waals surface area contributed by atoms with Crippen molar-refractivity contribution in [2.75, 3.05) is 38.2 Å². The number of halogens is 1. The summed E-state index contributed by atoms with van der Waals surface area (Å²) in [6, 6.07) is 5.25. The minimum Gasteiger partial charge on any atom is -0.374 e. The molecule has 104 valence electrons. The third kappa shape index (κ3) is 3.77. The van der Waals surface area contributed by atoms with Crippen LogP contribution in [0.2, 0.25) is 0 Å². The van der Waals surface area contributed by atoms with Crippen molar-refractivity contribution in [1.29, 1.82) is 0 Å². The predicted molar refractivity (Wildman–Crippen MR) is 81.7 cm³/mol. The lowest BCUT2D eigenvalue weighted by atomic mass is 10.2. The van der Waals surface area contributed by atoms with Crippen LogP contribution >= 0.6 is 22.6 Å². The first-order valence-electron chi connectivity index (χ1n) is 6.05. The zero-order valence-electron chi connectivity index (χ0n) is 10.6. The normalized spacial score (nSPS) is 19.2. The van der Waals surface area contributed by atoms with E-state index in [2.05, 4.69) is 27.9 Å². The number of likely N-dealkylation sites (N-methyl/N-ethyl adjacent to an activating group) is 1. The van der Waals surface area contributed by atoms with E-state index in [0.29, 0.717) is 18.8 Å². The monoisotopic (exact) mass is 377 g/mol. The lowest BCUT2D eigenvalue weighted by molar-refractivity contribution is -0.384. The maximum atomic E-state index is 11.1. The van der Waals surface area contributed by atoms with Crippen LogP contribution in [0.4, 0.5) is 11.4 Å². The van der Waals surface area contributed by atoms with E-state index < -0.39 is 0 Å². The van der Waals surface area contributed by atoms with E-state index in [0.717, 1.165) is 16.7 Å². The van der Waals surface area contributed by atoms with Crippen LogP contribution in [0.15, 0.2) is 18.2 Å². The van der Waals surface area contributed by atoms with Gasteiger partial charge in [-0.05, 0) is 34.7 Å². The second kappa shape index (κ2) is 6.49. The van der Waals surface area contributed by atoms with Crippen molar-refractivity contribution in [3.05, 3.63) is 31.9 Å². The molecular formula is C12H16IN3O3. The van der Waals surface area contributed by atoms with Gasteiger partial charge < -0.3 is 15.0 Å². The maximum Gasteiger partial charge on any atom is 0.293 e. The third-order valence-corrected chi connectivity index (χ3v) is 3.70. The van der Waals surface area contributed by atoms with Crippen molar-refractivity contribution in [2.24, 2.45) is 0 Å². The number of hydrogen-bond donors (Lipinski definition) is 1. The molecule has 1 aromatic rings. The average Bonchev–Trinajstić information content (AvgIpc) is 2.39. The minimum absolute atomic E-state index is 0.0673. The molecular weight excluding hydrogens is 361 g/mol. The number of benzene rings is 1. The van der Waals surface area contributed by atoms with Crippen LogP contribution < -0.4 is 10.2 Å². The summed E-state index contributed by atoms with van der Waals surface area (Å²) in [4.78, 5) is 12.6. The highest BCUT2D eigenvalue weighted by atomic mass is 127. The van der Waals surface area contributed by atoms with Gasteiger partial charge in [0, 0.05) is 36.3 Å². The molecule has 1 aliphatic rings. The van der Waals surface area contributed by atoms with Gasteiger partial charge >= 0.3 is 0 Å². The lowest BCUT2D eigenvalue weighted by Crippen LogP contribution is -2.44. The Hall–Kier alpha value is -0.930. The molecule has 0 aromatic heterocycles. The number of nitro groups is 1. The number of nitrogens with zero attached hydrogens (tertiary/aromatic N) is 2. The van der Waals surface area contributed by atoms with Gasteiger partial charge in [0.2, 0.25) is 0 Å². The smallest absolute Gasteiger partial charge is 0.293 e. The van der Waals surface area contributed by atoms with E-state index in [9.17, 15) is 10.1 Å². The Morgan fingerprint density at radius 3 is 3.05 bits per heavy atom. The van der Waals surface area contributed by atoms with Crippen LogP contribution in [0.5, 0.6) is 0 Å². The first-order chi connectivity index (χ1) is 9.08. The molecule has 1 fully saturated rings. The molecule has 1 aliphatic heterocycles. The molecule has 0 saturated carbocycles. The zero-order valence-corrected chi connectivity index (χ0v) is 12.8. The Balaban J connectivity index is 2.13. The summed E-state index contributed by atoms with van der Waals surface area (Å²) in [7, 11) is 1.85. The summed E-state index contributed by atoms with van der Waals surface area (Å²) < 4.78 is 6.48. The number of nitro benzene ring substituents is 1. The van der Waals surface area contributed by atoms with Crippen LogP contribution in [-0.4, -0.2) is 44.3 Å². The van der Waals surface area contributed by atoms with Gasteiger partial charge in [-0.2, -0.15) is 0 Å². The van der Waals surface area contributed by atoms with Crippen LogP contribution in [0.3, 0.4) is 0 Å². The van der Waals surface area contributed by atoms with Gasteiger partial charge in [0.05, 0.1) is 17.6 Å². The number of nitrogens with one attached hydrogen (secondary N) is 1. The number of rotatable bonds is 4. The molecule has 0 spiro atoms. The van der Waals surface area contributed by atoms with Gasteiger partial charge in [0.1, 0.15) is 5.69 Å². The Labute approximate surface area is 125 Å². The maximum absolute atomic E-state index is 11.1. The number of anilines is 1. The van der Waals surface area contributed by atoms with E-state index in [-0.39, 0.29) is 16.7 Å². The summed E-state index contributed by atoms with van der Waals surface area (Å²) in [5, 5.41) is 14.4. The summed E-state index contributed by atoms with van der Waals surface area (Å²) in [6.07, 6.45) is 0.0673. The van der Waals surface area contributed by atoms with Gasteiger partial charge in [-0.15, -0.1) is 0 Å². The fourth-order valence-corrected chi connectivity index (χ4v) is 2.58. The van der Waals surface area contributed by atoms with Crippen molar-refractivity contribution in [2.45, 2.75) is 6.10 Å². The summed E-state index contributed by atoms with van der Waals surface area (Å²) in [5.41, 5.74) is 0.762. The Morgan fingerprint density at radius 2 is 2.42 bits per heavy atom. The third-order valence-electron chi connectivity index (χ3n) is 3.03. The molecule has 1 atom stereocenters. The SMILES string of the molecule is CN(CC1CNCCO1)c1ccc(I)cc1[N+](=O)[O-]. The van der Waals surface area contributed by atoms with E-state index in [1.54, 1.807) is 12.1 Å². The van der Waals surface area contributed by atoms with Gasteiger partial charge in [-0.25, -0.2) is 0 Å². The number of ether oxygens (including phenoxy) is 1. The Morgan fingerprint density at radius 1 is 1.63 bits per heavy atom. The fourth-order valence-electron chi connectivity index (χ4n) is 2.11. The number of morpholine rings is 1. The first-order valence-corrected chi connectivity index (χ1v) is 7.13. The van der Waals surface area contributed by atoms with Crippen molar-refractivity contribution >= 4 is 34.0 Å². The Kier molecular flexibility index (Phi) is 4.94. The quantitative estimate of drug-likeness (QED) is 0.491. The fraction of sp³-hybridized carbons (Fsp3) is 0.500. The van der Waals surface area contributed by atoms with Crippen LogP contribution in [-0.2, 0) is 4.74 Å². The van der Waals surface area contributed by atoms with Crippen LogP contribution in [0, 0.1) is 13.7 Å². The molecule has 0 bridgehead atoms. The van der Waals surface area contributed by atoms with Gasteiger partial charge in [0.25, 0.3) is 5.69 Å². The summed E-state index contributed by atoms with van der Waals surface area (Å²) in [5.74, 6) is 0. The second-order valence-corrected chi connectivity index (χ2v) is 5.71. The molecule has 0 radical (unpaired) electrons. The molecule has 1 aromatic carbocycles. The van der Waals surface area contributed by atoms with E-state index >= 15 is 0 Å². The molecule has 0 amide bonds. The predicted octanol–water partition coefficient (Wildman–Crippen LogP) is 1.62. The van der Waals surface area contributed by atoms with Gasteiger partial charge in [-0.3, -0.25) is 10.1 Å². The first kappa shape index (κ1) is 14.5. The molecule has 1 unspecified atom stereocenters. The molecule has 2 rings (SSSR count). The molecule has 7 heteroatoms. The van der Waals surface area contributed by atoms with E-state index in [1.165, 1.54) is 0 Å². The molecule has 6 nitrogen and oxygen atoms in total. The van der Waals surface area contributed by atoms with E-state index in [4.69, 9.17) is 4.74 Å². The minimum atomic E-state index is -0.339. The average molecular weight is 377 g/mol. The van der Waals surface area contributed by atoms with Crippen LogP contribution in [0.1, 0.15) is 0 Å². The Bertz CT molecular complexity index is 464. The summed E-state index contributed by atoms with van der Waals surface area (Å²) >= 11 is 2.08. The molecule has 1 saturated heterocycles. The van der Waals surface area contributed by atoms with Gasteiger partial charge in [-0.1, -0.05) is 0 Å². The molecule has 1 heterocycles. The van der Waals surface area contributed by atoms with E-state index in [1.807, 2.05) is 18.0 Å². The number of hydrogen-bond acceptors (Lipinski definition) is 5. The van der Waals surface area contributed by atoms with Crippen molar-refractivity contribution in [1.82, 2.24) is 5.32 Å². The molecule has 1 N–H and O–H groups in total. The highest BCUT2D eigenvalue weighted by molar-refractivity contribution is 14.1. The zero-order chi connectivity index (χ0) is 13.8. The van der Waals surface area contributed by atoms with Gasteiger partial charge in [0.15, 0.2) is 0 Å². The highest BCUT2D eigenvalue weighted by Gasteiger charge is 2.21. The van der Waals surface area contributed by atoms with Crippen molar-refractivity contribution in [3.8, 4) is 0 Å². The van der Waals surface area contributed by atoms with Crippen LogP contribution in [0.25, 0.3) is 0 Å². The molecule has 19 heavy (non-hydrogen) atoms. The van der Waals surface area contributed by atoms with Crippen molar-refractivity contribution in [3.63, 3.8) is 0 Å².